The van der Waals surface area contributed by atoms with E-state index in [1.54, 1.807) is 44.4 Å². The van der Waals surface area contributed by atoms with Crippen molar-refractivity contribution < 1.29 is 14.3 Å². The number of carbonyl (C=O) groups is 2. The molecule has 1 fully saturated rings. The Morgan fingerprint density at radius 3 is 2.71 bits per heavy atom. The number of nitrogens with one attached hydrogen (secondary N) is 1. The van der Waals surface area contributed by atoms with E-state index in [4.69, 9.17) is 9.84 Å². The summed E-state index contributed by atoms with van der Waals surface area (Å²) in [6.07, 6.45) is 6.35. The van der Waals surface area contributed by atoms with Crippen LogP contribution in [-0.4, -0.2) is 51.3 Å². The smallest absolute Gasteiger partial charge is 0.274 e. The number of anilines is 1. The second kappa shape index (κ2) is 9.32. The van der Waals surface area contributed by atoms with Gasteiger partial charge in [0.15, 0.2) is 0 Å². The minimum absolute atomic E-state index is 0.0896. The van der Waals surface area contributed by atoms with Crippen molar-refractivity contribution in [2.45, 2.75) is 45.2 Å². The Kier molecular flexibility index (Phi) is 6.45. The lowest BCUT2D eigenvalue weighted by Gasteiger charge is -2.38. The molecule has 9 heteroatoms. The molecule has 0 aliphatic heterocycles. The van der Waals surface area contributed by atoms with Crippen molar-refractivity contribution in [2.24, 2.45) is 13.0 Å². The normalized spacial score (nSPS) is 20.2. The van der Waals surface area contributed by atoms with Crippen LogP contribution in [0.15, 0.2) is 41.5 Å². The predicted octanol–water partition coefficient (Wildman–Crippen LogP) is 3.20. The number of aryl methyl sites for hydroxylation is 1. The molecule has 1 aliphatic rings. The second-order valence-electron chi connectivity index (χ2n) is 9.15. The minimum Gasteiger partial charge on any atom is -0.496 e. The third kappa shape index (κ3) is 4.42. The Balaban J connectivity index is 1.60. The SMILES string of the molecule is COc1cc2nn([C@@H]3CC[C@H](N(C)C(C)=O)C[C@@H]3C)cc2cc1C(=O)Nc1cccn(C)c1=O. The zero-order valence-electron chi connectivity index (χ0n) is 20.2. The Hall–Kier alpha value is -3.62. The monoisotopic (exact) mass is 465 g/mol. The average molecular weight is 466 g/mol. The first-order valence-corrected chi connectivity index (χ1v) is 11.5. The molecule has 0 spiro atoms. The number of fused-ring (bicyclic) bond motifs is 1. The van der Waals surface area contributed by atoms with Crippen molar-refractivity contribution in [1.82, 2.24) is 19.2 Å². The molecule has 1 saturated carbocycles. The van der Waals surface area contributed by atoms with E-state index in [0.717, 1.165) is 30.2 Å². The van der Waals surface area contributed by atoms with Crippen molar-refractivity contribution in [2.75, 3.05) is 19.5 Å². The molecule has 0 radical (unpaired) electrons. The van der Waals surface area contributed by atoms with Crippen LogP contribution in [0.4, 0.5) is 5.69 Å². The van der Waals surface area contributed by atoms with Crippen molar-refractivity contribution in [3.05, 3.63) is 52.6 Å². The molecule has 1 N–H and O–H groups in total. The van der Waals surface area contributed by atoms with E-state index in [0.29, 0.717) is 17.2 Å². The van der Waals surface area contributed by atoms with Crippen LogP contribution in [0, 0.1) is 5.92 Å². The maximum Gasteiger partial charge on any atom is 0.274 e. The highest BCUT2D eigenvalue weighted by Crippen LogP contribution is 2.36. The first-order chi connectivity index (χ1) is 16.2. The summed E-state index contributed by atoms with van der Waals surface area (Å²) < 4.78 is 8.86. The van der Waals surface area contributed by atoms with E-state index in [2.05, 4.69) is 12.2 Å². The summed E-state index contributed by atoms with van der Waals surface area (Å²) >= 11 is 0. The van der Waals surface area contributed by atoms with Gasteiger partial charge in [-0.2, -0.15) is 5.10 Å². The van der Waals surface area contributed by atoms with Crippen LogP contribution < -0.4 is 15.6 Å². The van der Waals surface area contributed by atoms with E-state index in [-0.39, 0.29) is 29.2 Å². The van der Waals surface area contributed by atoms with Crippen LogP contribution in [0.3, 0.4) is 0 Å². The van der Waals surface area contributed by atoms with Crippen LogP contribution in [-0.2, 0) is 11.8 Å². The van der Waals surface area contributed by atoms with Gasteiger partial charge in [0.2, 0.25) is 5.91 Å². The fraction of sp³-hybridized carbons (Fsp3) is 0.440. The molecule has 2 amide bonds. The maximum absolute atomic E-state index is 13.0. The predicted molar refractivity (Wildman–Crippen MR) is 130 cm³/mol. The molecular weight excluding hydrogens is 434 g/mol. The molecule has 34 heavy (non-hydrogen) atoms. The highest BCUT2D eigenvalue weighted by atomic mass is 16.5. The van der Waals surface area contributed by atoms with Gasteiger partial charge in [0.05, 0.1) is 24.2 Å². The van der Waals surface area contributed by atoms with E-state index in [1.807, 2.05) is 22.8 Å². The Bertz CT molecular complexity index is 1290. The van der Waals surface area contributed by atoms with Crippen LogP contribution in [0.5, 0.6) is 5.75 Å². The summed E-state index contributed by atoms with van der Waals surface area (Å²) in [5.41, 5.74) is 0.983. The molecule has 2 aromatic heterocycles. The summed E-state index contributed by atoms with van der Waals surface area (Å²) in [6.45, 7) is 3.80. The van der Waals surface area contributed by atoms with Gasteiger partial charge < -0.3 is 19.5 Å². The quantitative estimate of drug-likeness (QED) is 0.624. The minimum atomic E-state index is -0.420. The van der Waals surface area contributed by atoms with Gasteiger partial charge >= 0.3 is 0 Å². The number of amides is 2. The summed E-state index contributed by atoms with van der Waals surface area (Å²) in [5.74, 6) is 0.402. The van der Waals surface area contributed by atoms with E-state index in [1.165, 1.54) is 11.7 Å². The lowest BCUT2D eigenvalue weighted by molar-refractivity contribution is -0.130. The van der Waals surface area contributed by atoms with Gasteiger partial charge in [0, 0.05) is 50.9 Å². The fourth-order valence-electron chi connectivity index (χ4n) is 4.82. The Morgan fingerprint density at radius 2 is 2.03 bits per heavy atom. The van der Waals surface area contributed by atoms with Crippen LogP contribution in [0.1, 0.15) is 49.5 Å². The molecule has 4 rings (SSSR count). The Labute approximate surface area is 198 Å². The summed E-state index contributed by atoms with van der Waals surface area (Å²) in [6, 6.07) is 7.23. The lowest BCUT2D eigenvalue weighted by atomic mass is 9.82. The zero-order chi connectivity index (χ0) is 24.6. The van der Waals surface area contributed by atoms with Gasteiger partial charge in [-0.05, 0) is 43.4 Å². The molecule has 1 aromatic carbocycles. The molecule has 0 unspecified atom stereocenters. The number of ether oxygens (including phenoxy) is 1. The van der Waals surface area contributed by atoms with Gasteiger partial charge in [-0.1, -0.05) is 6.92 Å². The standard InChI is InChI=1S/C25H31N5O4/c1-15-11-18(29(4)16(2)31)8-9-22(15)30-14-17-12-19(23(34-5)13-21(17)27-30)24(32)26-20-7-6-10-28(3)25(20)33/h6-7,10,12-15,18,22H,8-9,11H2,1-5H3,(H,26,32)/t15-,18-,22+/m0/s1. The molecule has 180 valence electrons. The van der Waals surface area contributed by atoms with Crippen LogP contribution in [0.25, 0.3) is 10.9 Å². The first-order valence-electron chi connectivity index (χ1n) is 11.5. The number of rotatable bonds is 5. The van der Waals surface area contributed by atoms with Gasteiger partial charge in [-0.15, -0.1) is 0 Å². The maximum atomic E-state index is 13.0. The number of hydrogen-bond acceptors (Lipinski definition) is 5. The highest BCUT2D eigenvalue weighted by Gasteiger charge is 2.32. The number of aromatic nitrogens is 3. The van der Waals surface area contributed by atoms with Crippen molar-refractivity contribution >= 4 is 28.4 Å². The van der Waals surface area contributed by atoms with Crippen LogP contribution in [0.2, 0.25) is 0 Å². The molecule has 3 aromatic rings. The van der Waals surface area contributed by atoms with Crippen molar-refractivity contribution in [3.8, 4) is 5.75 Å². The number of nitrogens with zero attached hydrogens (tertiary/aromatic N) is 4. The molecular formula is C25H31N5O4. The molecule has 2 heterocycles. The van der Waals surface area contributed by atoms with Crippen molar-refractivity contribution in [3.63, 3.8) is 0 Å². The molecule has 1 aliphatic carbocycles. The third-order valence-electron chi connectivity index (χ3n) is 6.94. The number of methoxy groups -OCH3 is 1. The van der Waals surface area contributed by atoms with Gasteiger partial charge in [-0.3, -0.25) is 19.1 Å². The lowest BCUT2D eigenvalue weighted by Crippen LogP contribution is -2.41. The topological polar surface area (TPSA) is 98.5 Å². The van der Waals surface area contributed by atoms with Gasteiger partial charge in [-0.25, -0.2) is 0 Å². The molecule has 9 nitrogen and oxygen atoms in total. The fourth-order valence-corrected chi connectivity index (χ4v) is 4.82. The molecule has 3 atom stereocenters. The van der Waals surface area contributed by atoms with E-state index >= 15 is 0 Å². The molecule has 0 saturated heterocycles. The van der Waals surface area contributed by atoms with Gasteiger partial charge in [0.25, 0.3) is 11.5 Å². The van der Waals surface area contributed by atoms with Crippen LogP contribution >= 0.6 is 0 Å². The first kappa shape index (κ1) is 23.5. The Morgan fingerprint density at radius 1 is 1.26 bits per heavy atom. The van der Waals surface area contributed by atoms with Gasteiger partial charge in [0.1, 0.15) is 11.4 Å². The van der Waals surface area contributed by atoms with E-state index < -0.39 is 5.91 Å². The second-order valence-corrected chi connectivity index (χ2v) is 9.15. The average Bonchev–Trinajstić information content (AvgIpc) is 3.23. The number of hydrogen-bond donors (Lipinski definition) is 1. The van der Waals surface area contributed by atoms with E-state index in [9.17, 15) is 14.4 Å². The molecule has 0 bridgehead atoms. The summed E-state index contributed by atoms with van der Waals surface area (Å²) in [5, 5.41) is 8.30. The van der Waals surface area contributed by atoms with Crippen molar-refractivity contribution in [1.29, 1.82) is 0 Å². The largest absolute Gasteiger partial charge is 0.496 e. The number of pyridine rings is 1. The zero-order valence-corrected chi connectivity index (χ0v) is 20.2. The third-order valence-corrected chi connectivity index (χ3v) is 6.94. The summed E-state index contributed by atoms with van der Waals surface area (Å²) in [7, 11) is 5.00. The summed E-state index contributed by atoms with van der Waals surface area (Å²) in [4.78, 5) is 38.9. The number of carbonyl (C=O) groups excluding carboxylic acids is 2. The number of benzene rings is 1. The highest BCUT2D eigenvalue weighted by molar-refractivity contribution is 6.08.